The summed E-state index contributed by atoms with van der Waals surface area (Å²) in [6, 6.07) is 15.0. The van der Waals surface area contributed by atoms with Crippen LogP contribution in [-0.4, -0.2) is 11.9 Å². The summed E-state index contributed by atoms with van der Waals surface area (Å²) in [5.74, 6) is 0.196. The number of benzene rings is 2. The Morgan fingerprint density at radius 1 is 0.864 bits per heavy atom. The van der Waals surface area contributed by atoms with Gasteiger partial charge in [0.15, 0.2) is 0 Å². The van der Waals surface area contributed by atoms with Crippen LogP contribution in [-0.2, 0) is 22.4 Å². The van der Waals surface area contributed by atoms with Gasteiger partial charge in [-0.15, -0.1) is 0 Å². The van der Waals surface area contributed by atoms with Gasteiger partial charge in [0, 0.05) is 13.8 Å². The third kappa shape index (κ3) is 4.74. The van der Waals surface area contributed by atoms with Gasteiger partial charge >= 0.3 is 11.9 Å². The van der Waals surface area contributed by atoms with E-state index in [2.05, 4.69) is 0 Å². The second-order valence-electron chi connectivity index (χ2n) is 4.94. The van der Waals surface area contributed by atoms with Crippen molar-refractivity contribution < 1.29 is 19.1 Å². The van der Waals surface area contributed by atoms with Crippen molar-refractivity contribution in [3.05, 3.63) is 59.7 Å². The first-order chi connectivity index (χ1) is 10.5. The first-order valence-electron chi connectivity index (χ1n) is 7.08. The molecule has 0 amide bonds. The molecule has 0 N–H and O–H groups in total. The van der Waals surface area contributed by atoms with Crippen LogP contribution < -0.4 is 9.47 Å². The lowest BCUT2D eigenvalue weighted by atomic mass is 10.0. The molecule has 0 fully saturated rings. The molecule has 0 aliphatic rings. The van der Waals surface area contributed by atoms with Gasteiger partial charge < -0.3 is 9.47 Å². The van der Waals surface area contributed by atoms with Gasteiger partial charge in [0.05, 0.1) is 0 Å². The normalized spacial score (nSPS) is 10.1. The SMILES string of the molecule is CC(=O)Oc1ccc(OC(C)=O)c(CCc2ccccc2)c1. The zero-order valence-electron chi connectivity index (χ0n) is 12.7. The monoisotopic (exact) mass is 298 g/mol. The largest absolute Gasteiger partial charge is 0.427 e. The minimum atomic E-state index is -0.380. The van der Waals surface area contributed by atoms with Gasteiger partial charge in [0.1, 0.15) is 11.5 Å². The van der Waals surface area contributed by atoms with Gasteiger partial charge in [-0.25, -0.2) is 0 Å². The molecular weight excluding hydrogens is 280 g/mol. The average molecular weight is 298 g/mol. The Labute approximate surface area is 129 Å². The molecule has 0 aromatic heterocycles. The summed E-state index contributed by atoms with van der Waals surface area (Å²) >= 11 is 0. The summed E-state index contributed by atoms with van der Waals surface area (Å²) in [4.78, 5) is 22.3. The maximum absolute atomic E-state index is 11.2. The van der Waals surface area contributed by atoms with Crippen LogP contribution in [0.25, 0.3) is 0 Å². The van der Waals surface area contributed by atoms with E-state index in [9.17, 15) is 9.59 Å². The number of aryl methyl sites for hydroxylation is 2. The summed E-state index contributed by atoms with van der Waals surface area (Å²) in [7, 11) is 0. The summed E-state index contributed by atoms with van der Waals surface area (Å²) in [5.41, 5.74) is 2.02. The molecule has 0 radical (unpaired) electrons. The molecule has 0 saturated carbocycles. The number of ether oxygens (including phenoxy) is 2. The fourth-order valence-electron chi connectivity index (χ4n) is 2.16. The first kappa shape index (κ1) is 15.8. The molecule has 0 saturated heterocycles. The van der Waals surface area contributed by atoms with Crippen molar-refractivity contribution in [2.75, 3.05) is 0 Å². The molecular formula is C18H18O4. The van der Waals surface area contributed by atoms with Gasteiger partial charge in [-0.1, -0.05) is 30.3 Å². The molecule has 22 heavy (non-hydrogen) atoms. The second-order valence-corrected chi connectivity index (χ2v) is 4.94. The van der Waals surface area contributed by atoms with Gasteiger partial charge in [-0.05, 0) is 42.2 Å². The number of hydrogen-bond acceptors (Lipinski definition) is 4. The molecule has 0 spiro atoms. The van der Waals surface area contributed by atoms with E-state index in [0.717, 1.165) is 12.0 Å². The molecule has 114 valence electrons. The lowest BCUT2D eigenvalue weighted by Crippen LogP contribution is -2.06. The van der Waals surface area contributed by atoms with Crippen LogP contribution in [0.2, 0.25) is 0 Å². The van der Waals surface area contributed by atoms with E-state index in [4.69, 9.17) is 9.47 Å². The zero-order chi connectivity index (χ0) is 15.9. The fourth-order valence-corrected chi connectivity index (χ4v) is 2.16. The summed E-state index contributed by atoms with van der Waals surface area (Å²) in [6.07, 6.45) is 1.49. The Hall–Kier alpha value is -2.62. The van der Waals surface area contributed by atoms with Crippen molar-refractivity contribution in [1.29, 1.82) is 0 Å². The quantitative estimate of drug-likeness (QED) is 0.627. The second kappa shape index (κ2) is 7.41. The van der Waals surface area contributed by atoms with E-state index in [0.29, 0.717) is 17.9 Å². The predicted molar refractivity (Wildman–Crippen MR) is 82.9 cm³/mol. The van der Waals surface area contributed by atoms with Gasteiger partial charge in [0.2, 0.25) is 0 Å². The standard InChI is InChI=1S/C18H18O4/c1-13(19)21-17-10-11-18(22-14(2)20)16(12-17)9-8-15-6-4-3-5-7-15/h3-7,10-12H,8-9H2,1-2H3. The summed E-state index contributed by atoms with van der Waals surface area (Å²) < 4.78 is 10.3. The van der Waals surface area contributed by atoms with Crippen LogP contribution in [0.5, 0.6) is 11.5 Å². The Kier molecular flexibility index (Phi) is 5.31. The Morgan fingerprint density at radius 2 is 1.55 bits per heavy atom. The average Bonchev–Trinajstić information content (AvgIpc) is 2.47. The molecule has 0 heterocycles. The number of esters is 2. The van der Waals surface area contributed by atoms with E-state index >= 15 is 0 Å². The maximum Gasteiger partial charge on any atom is 0.308 e. The third-order valence-electron chi connectivity index (χ3n) is 3.07. The van der Waals surface area contributed by atoms with Crippen molar-refractivity contribution in [2.45, 2.75) is 26.7 Å². The number of hydrogen-bond donors (Lipinski definition) is 0. The van der Waals surface area contributed by atoms with Crippen molar-refractivity contribution in [3.8, 4) is 11.5 Å². The highest BCUT2D eigenvalue weighted by atomic mass is 16.5. The molecule has 2 aromatic rings. The molecule has 4 nitrogen and oxygen atoms in total. The predicted octanol–water partition coefficient (Wildman–Crippen LogP) is 3.32. The molecule has 2 rings (SSSR count). The first-order valence-corrected chi connectivity index (χ1v) is 7.08. The minimum absolute atomic E-state index is 0.374. The van der Waals surface area contributed by atoms with Crippen molar-refractivity contribution in [2.24, 2.45) is 0 Å². The van der Waals surface area contributed by atoms with Crippen LogP contribution >= 0.6 is 0 Å². The van der Waals surface area contributed by atoms with Crippen LogP contribution in [0.3, 0.4) is 0 Å². The van der Waals surface area contributed by atoms with E-state index in [1.54, 1.807) is 18.2 Å². The fraction of sp³-hybridized carbons (Fsp3) is 0.222. The van der Waals surface area contributed by atoms with Crippen LogP contribution in [0.4, 0.5) is 0 Å². The topological polar surface area (TPSA) is 52.6 Å². The zero-order valence-corrected chi connectivity index (χ0v) is 12.7. The lowest BCUT2D eigenvalue weighted by Gasteiger charge is -2.11. The number of carbonyl (C=O) groups excluding carboxylic acids is 2. The smallest absolute Gasteiger partial charge is 0.308 e. The molecule has 0 aliphatic carbocycles. The lowest BCUT2D eigenvalue weighted by molar-refractivity contribution is -0.133. The molecule has 2 aromatic carbocycles. The van der Waals surface area contributed by atoms with E-state index in [1.165, 1.54) is 19.4 Å². The van der Waals surface area contributed by atoms with Gasteiger partial charge in [0.25, 0.3) is 0 Å². The Morgan fingerprint density at radius 3 is 2.18 bits per heavy atom. The van der Waals surface area contributed by atoms with E-state index in [1.807, 2.05) is 30.3 Å². The Bertz CT molecular complexity index is 662. The highest BCUT2D eigenvalue weighted by molar-refractivity contribution is 5.71. The van der Waals surface area contributed by atoms with Crippen molar-refractivity contribution in [1.82, 2.24) is 0 Å². The van der Waals surface area contributed by atoms with E-state index < -0.39 is 0 Å². The van der Waals surface area contributed by atoms with Crippen molar-refractivity contribution in [3.63, 3.8) is 0 Å². The third-order valence-corrected chi connectivity index (χ3v) is 3.07. The summed E-state index contributed by atoms with van der Waals surface area (Å²) in [6.45, 7) is 2.71. The van der Waals surface area contributed by atoms with Gasteiger partial charge in [-0.2, -0.15) is 0 Å². The van der Waals surface area contributed by atoms with Crippen LogP contribution in [0.15, 0.2) is 48.5 Å². The Balaban J connectivity index is 2.20. The van der Waals surface area contributed by atoms with Crippen molar-refractivity contribution >= 4 is 11.9 Å². The molecule has 0 bridgehead atoms. The van der Waals surface area contributed by atoms with Gasteiger partial charge in [-0.3, -0.25) is 9.59 Å². The highest BCUT2D eigenvalue weighted by Crippen LogP contribution is 2.26. The summed E-state index contributed by atoms with van der Waals surface area (Å²) in [5, 5.41) is 0. The maximum atomic E-state index is 11.2. The molecule has 4 heteroatoms. The molecule has 0 unspecified atom stereocenters. The van der Waals surface area contributed by atoms with E-state index in [-0.39, 0.29) is 11.9 Å². The minimum Gasteiger partial charge on any atom is -0.427 e. The highest BCUT2D eigenvalue weighted by Gasteiger charge is 2.10. The molecule has 0 aliphatic heterocycles. The molecule has 0 atom stereocenters. The van der Waals surface area contributed by atoms with Crippen LogP contribution in [0, 0.1) is 0 Å². The number of rotatable bonds is 5. The van der Waals surface area contributed by atoms with Crippen LogP contribution in [0.1, 0.15) is 25.0 Å². The number of carbonyl (C=O) groups is 2.